The van der Waals surface area contributed by atoms with Gasteiger partial charge >= 0.3 is 0 Å². The van der Waals surface area contributed by atoms with Crippen molar-refractivity contribution in [2.45, 2.75) is 73.8 Å². The van der Waals surface area contributed by atoms with Crippen LogP contribution in [0.25, 0.3) is 0 Å². The van der Waals surface area contributed by atoms with Gasteiger partial charge in [0.1, 0.15) is 0 Å². The van der Waals surface area contributed by atoms with E-state index in [1.54, 1.807) is 11.1 Å². The van der Waals surface area contributed by atoms with Gasteiger partial charge in [0.15, 0.2) is 0 Å². The summed E-state index contributed by atoms with van der Waals surface area (Å²) in [4.78, 5) is 0. The van der Waals surface area contributed by atoms with Crippen LogP contribution in [0.4, 0.5) is 0 Å². The summed E-state index contributed by atoms with van der Waals surface area (Å²) in [5.74, 6) is 1.14. The molecule has 0 aromatic carbocycles. The van der Waals surface area contributed by atoms with Crippen LogP contribution in [0, 0.1) is 16.2 Å². The van der Waals surface area contributed by atoms with Gasteiger partial charge < -0.3 is 0 Å². The molecule has 1 saturated heterocycles. The quantitative estimate of drug-likeness (QED) is 0.403. The first-order valence-electron chi connectivity index (χ1n) is 6.89. The highest BCUT2D eigenvalue weighted by Gasteiger charge is 2.44. The van der Waals surface area contributed by atoms with Crippen LogP contribution in [0.1, 0.15) is 68.2 Å². The van der Waals surface area contributed by atoms with E-state index < -0.39 is 0 Å². The van der Waals surface area contributed by atoms with Crippen LogP contribution in [0.15, 0.2) is 0 Å². The zero-order valence-electron chi connectivity index (χ0n) is 13.3. The molecule has 0 bridgehead atoms. The molecule has 0 aromatic heterocycles. The van der Waals surface area contributed by atoms with Crippen molar-refractivity contribution in [1.29, 1.82) is 0 Å². The van der Waals surface area contributed by atoms with Crippen LogP contribution < -0.4 is 0 Å². The zero-order valence-corrected chi connectivity index (χ0v) is 15.0. The molecule has 1 rings (SSSR count). The third-order valence-electron chi connectivity index (χ3n) is 5.55. The summed E-state index contributed by atoms with van der Waals surface area (Å²) in [6.45, 7) is 18.7. The molecule has 18 heavy (non-hydrogen) atoms. The van der Waals surface area contributed by atoms with Crippen molar-refractivity contribution in [2.75, 3.05) is 5.75 Å². The third kappa shape index (κ3) is 3.40. The van der Waals surface area contributed by atoms with Crippen molar-refractivity contribution in [3.05, 3.63) is 0 Å². The zero-order chi connectivity index (χ0) is 14.2. The molecular formula is C15H30OS2. The standard InChI is InChI=1S/C15H30OS2/c1-12(2)9-10-13(3,4)15(7,8)16-18-17-11-14(12,5)6/h9-11H2,1-8H3. The molecule has 0 atom stereocenters. The maximum Gasteiger partial charge on any atom is 0.0834 e. The predicted molar refractivity (Wildman–Crippen MR) is 85.8 cm³/mol. The van der Waals surface area contributed by atoms with Crippen molar-refractivity contribution in [3.63, 3.8) is 0 Å². The molecule has 0 unspecified atom stereocenters. The van der Waals surface area contributed by atoms with E-state index in [2.05, 4.69) is 55.4 Å². The Kier molecular flexibility index (Phi) is 4.84. The highest BCUT2D eigenvalue weighted by atomic mass is 33.1. The van der Waals surface area contributed by atoms with Crippen molar-refractivity contribution >= 4 is 21.9 Å². The van der Waals surface area contributed by atoms with Gasteiger partial charge in [-0.2, -0.15) is 0 Å². The van der Waals surface area contributed by atoms with Gasteiger partial charge in [-0.25, -0.2) is 0 Å². The van der Waals surface area contributed by atoms with Gasteiger partial charge in [0, 0.05) is 5.75 Å². The predicted octanol–water partition coefficient (Wildman–Crippen LogP) is 5.95. The second kappa shape index (κ2) is 5.21. The fraction of sp³-hybridized carbons (Fsp3) is 1.00. The first kappa shape index (κ1) is 16.7. The highest BCUT2D eigenvalue weighted by molar-refractivity contribution is 8.74. The molecule has 0 N–H and O–H groups in total. The molecular weight excluding hydrogens is 260 g/mol. The first-order chi connectivity index (χ1) is 7.91. The summed E-state index contributed by atoms with van der Waals surface area (Å²) in [5, 5.41) is 0. The lowest BCUT2D eigenvalue weighted by atomic mass is 9.63. The lowest BCUT2D eigenvalue weighted by Crippen LogP contribution is -2.43. The van der Waals surface area contributed by atoms with Crippen LogP contribution in [0.2, 0.25) is 0 Å². The molecule has 0 radical (unpaired) electrons. The minimum Gasteiger partial charge on any atom is -0.298 e. The number of hydrogen-bond donors (Lipinski definition) is 0. The average molecular weight is 291 g/mol. The lowest BCUT2D eigenvalue weighted by molar-refractivity contribution is -0.0142. The molecule has 1 nitrogen and oxygen atoms in total. The molecule has 0 spiro atoms. The molecule has 0 aliphatic carbocycles. The van der Waals surface area contributed by atoms with E-state index in [-0.39, 0.29) is 11.0 Å². The minimum absolute atomic E-state index is 0.0811. The van der Waals surface area contributed by atoms with Crippen LogP contribution in [-0.4, -0.2) is 11.4 Å². The SMILES string of the molecule is CC1(C)CCC(C)(C)C(C)(C)OSSCC1(C)C. The number of hydrogen-bond acceptors (Lipinski definition) is 3. The van der Waals surface area contributed by atoms with Crippen LogP contribution in [-0.2, 0) is 4.18 Å². The average Bonchev–Trinajstić information content (AvgIpc) is 2.20. The maximum absolute atomic E-state index is 6.06. The molecule has 1 heterocycles. The molecule has 3 heteroatoms. The van der Waals surface area contributed by atoms with Crippen LogP contribution in [0.3, 0.4) is 0 Å². The minimum atomic E-state index is -0.0811. The lowest BCUT2D eigenvalue weighted by Gasteiger charge is -2.47. The normalized spacial score (nSPS) is 30.7. The Morgan fingerprint density at radius 1 is 0.722 bits per heavy atom. The smallest absolute Gasteiger partial charge is 0.0834 e. The fourth-order valence-corrected chi connectivity index (χ4v) is 4.71. The summed E-state index contributed by atoms with van der Waals surface area (Å²) in [6, 6.07) is 0. The Balaban J connectivity index is 2.94. The molecule has 1 fully saturated rings. The van der Waals surface area contributed by atoms with E-state index in [4.69, 9.17) is 4.18 Å². The van der Waals surface area contributed by atoms with Gasteiger partial charge in [-0.05, 0) is 42.9 Å². The molecule has 0 aromatic rings. The second-order valence-corrected chi connectivity index (χ2v) is 10.0. The Morgan fingerprint density at radius 2 is 1.22 bits per heavy atom. The van der Waals surface area contributed by atoms with Gasteiger partial charge in [0.05, 0.1) is 16.7 Å². The molecule has 0 amide bonds. The topological polar surface area (TPSA) is 9.23 Å². The third-order valence-corrected chi connectivity index (χ3v) is 7.81. The van der Waals surface area contributed by atoms with Crippen LogP contribution >= 0.6 is 21.9 Å². The van der Waals surface area contributed by atoms with Gasteiger partial charge in [-0.15, -0.1) is 0 Å². The first-order valence-corrected chi connectivity index (χ1v) is 9.13. The fourth-order valence-electron chi connectivity index (χ4n) is 1.85. The van der Waals surface area contributed by atoms with E-state index >= 15 is 0 Å². The van der Waals surface area contributed by atoms with E-state index in [9.17, 15) is 0 Å². The van der Waals surface area contributed by atoms with E-state index in [0.29, 0.717) is 10.8 Å². The van der Waals surface area contributed by atoms with E-state index in [1.165, 1.54) is 12.8 Å². The van der Waals surface area contributed by atoms with E-state index in [0.717, 1.165) is 5.75 Å². The Labute approximate surface area is 122 Å². The van der Waals surface area contributed by atoms with Gasteiger partial charge in [0.2, 0.25) is 0 Å². The molecule has 1 aliphatic rings. The van der Waals surface area contributed by atoms with E-state index in [1.807, 2.05) is 10.8 Å². The van der Waals surface area contributed by atoms with Gasteiger partial charge in [0.25, 0.3) is 0 Å². The second-order valence-electron chi connectivity index (χ2n) is 8.08. The summed E-state index contributed by atoms with van der Waals surface area (Å²) in [6.07, 6.45) is 2.46. The van der Waals surface area contributed by atoms with Gasteiger partial charge in [-0.3, -0.25) is 4.18 Å². The molecule has 0 saturated carbocycles. The van der Waals surface area contributed by atoms with Crippen molar-refractivity contribution < 1.29 is 4.18 Å². The molecule has 108 valence electrons. The highest BCUT2D eigenvalue weighted by Crippen LogP contribution is 2.52. The molecule has 1 aliphatic heterocycles. The summed E-state index contributed by atoms with van der Waals surface area (Å²) >= 11 is 1.58. The Morgan fingerprint density at radius 3 is 1.78 bits per heavy atom. The summed E-state index contributed by atoms with van der Waals surface area (Å²) in [5.41, 5.74) is 0.824. The Bertz CT molecular complexity index is 263. The summed E-state index contributed by atoms with van der Waals surface area (Å²) < 4.78 is 6.06. The van der Waals surface area contributed by atoms with Gasteiger partial charge in [-0.1, -0.05) is 52.3 Å². The monoisotopic (exact) mass is 290 g/mol. The number of rotatable bonds is 0. The van der Waals surface area contributed by atoms with Crippen molar-refractivity contribution in [1.82, 2.24) is 0 Å². The van der Waals surface area contributed by atoms with Crippen molar-refractivity contribution in [2.24, 2.45) is 16.2 Å². The summed E-state index contributed by atoms with van der Waals surface area (Å²) in [7, 11) is 1.86. The van der Waals surface area contributed by atoms with Crippen molar-refractivity contribution in [3.8, 4) is 0 Å². The maximum atomic E-state index is 6.06. The van der Waals surface area contributed by atoms with Crippen LogP contribution in [0.5, 0.6) is 0 Å². The Hall–Kier alpha value is 0.660. The largest absolute Gasteiger partial charge is 0.298 e.